The van der Waals surface area contributed by atoms with Gasteiger partial charge in [-0.3, -0.25) is 9.48 Å². The molecule has 9 heteroatoms. The molecule has 182 valence electrons. The van der Waals surface area contributed by atoms with Crippen LogP contribution in [0, 0.1) is 12.8 Å². The minimum Gasteiger partial charge on any atom is -0.451 e. The third-order valence-electron chi connectivity index (χ3n) is 6.02. The molecule has 1 amide bonds. The van der Waals surface area contributed by atoms with Gasteiger partial charge in [-0.15, -0.1) is 11.3 Å². The van der Waals surface area contributed by atoms with Gasteiger partial charge in [-0.25, -0.2) is 4.79 Å². The Morgan fingerprint density at radius 2 is 1.85 bits per heavy atom. The molecule has 1 aliphatic heterocycles. The van der Waals surface area contributed by atoms with Crippen molar-refractivity contribution in [3.63, 3.8) is 0 Å². The second-order valence-corrected chi connectivity index (χ2v) is 10.1. The van der Waals surface area contributed by atoms with E-state index >= 15 is 0 Å². The average molecular weight is 484 g/mol. The summed E-state index contributed by atoms with van der Waals surface area (Å²) in [6, 6.07) is 9.61. The zero-order valence-corrected chi connectivity index (χ0v) is 21.2. The zero-order chi connectivity index (χ0) is 24.2. The molecule has 2 aromatic heterocycles. The van der Waals surface area contributed by atoms with E-state index in [9.17, 15) is 9.59 Å². The number of aromatic nitrogens is 2. The third-order valence-corrected chi connectivity index (χ3v) is 7.15. The fraction of sp³-hybridized carbons (Fsp3) is 0.480. The van der Waals surface area contributed by atoms with Crippen LogP contribution in [0.2, 0.25) is 0 Å². The highest BCUT2D eigenvalue weighted by Gasteiger charge is 2.19. The van der Waals surface area contributed by atoms with Crippen molar-refractivity contribution in [3.05, 3.63) is 40.9 Å². The van der Waals surface area contributed by atoms with Crippen molar-refractivity contribution in [3.8, 4) is 0 Å². The van der Waals surface area contributed by atoms with Gasteiger partial charge in [0.15, 0.2) is 6.61 Å². The van der Waals surface area contributed by atoms with E-state index < -0.39 is 5.97 Å². The van der Waals surface area contributed by atoms with Crippen molar-refractivity contribution in [1.82, 2.24) is 14.7 Å². The molecule has 0 saturated carbocycles. The van der Waals surface area contributed by atoms with E-state index in [1.165, 1.54) is 11.3 Å². The Morgan fingerprint density at radius 1 is 1.15 bits per heavy atom. The van der Waals surface area contributed by atoms with E-state index in [1.54, 1.807) is 6.07 Å². The summed E-state index contributed by atoms with van der Waals surface area (Å²) in [5.41, 5.74) is 2.72. The minimum atomic E-state index is -0.492. The lowest BCUT2D eigenvalue weighted by molar-refractivity contribution is -0.119. The number of benzene rings is 1. The lowest BCUT2D eigenvalue weighted by atomic mass is 10.2. The molecule has 0 atom stereocenters. The number of esters is 1. The van der Waals surface area contributed by atoms with Gasteiger partial charge in [-0.05, 0) is 49.7 Å². The molecule has 4 rings (SSSR count). The number of aryl methyl sites for hydroxylation is 1. The number of hydrogen-bond acceptors (Lipinski definition) is 7. The molecule has 34 heavy (non-hydrogen) atoms. The van der Waals surface area contributed by atoms with Gasteiger partial charge in [0.1, 0.15) is 9.71 Å². The van der Waals surface area contributed by atoms with Crippen LogP contribution in [0.4, 0.5) is 11.4 Å². The van der Waals surface area contributed by atoms with Crippen LogP contribution >= 0.6 is 11.3 Å². The minimum absolute atomic E-state index is 0.328. The topological polar surface area (TPSA) is 79.7 Å². The predicted octanol–water partition coefficient (Wildman–Crippen LogP) is 4.00. The number of fused-ring (bicyclic) bond motifs is 1. The zero-order valence-electron chi connectivity index (χ0n) is 20.3. The average Bonchev–Trinajstić information content (AvgIpc) is 3.39. The Kier molecular flexibility index (Phi) is 7.53. The SMILES string of the molecule is CCN1CCN(c2ccc(NC(=O)COC(=O)c3cc4c(C)nn(CC(C)C)c4s3)cc2)CC1. The number of carbonyl (C=O) groups is 2. The molecule has 3 aromatic rings. The number of ether oxygens (including phenoxy) is 1. The smallest absolute Gasteiger partial charge is 0.348 e. The number of amides is 1. The first-order valence-corrected chi connectivity index (χ1v) is 12.7. The van der Waals surface area contributed by atoms with Crippen LogP contribution < -0.4 is 10.2 Å². The van der Waals surface area contributed by atoms with Gasteiger partial charge >= 0.3 is 5.97 Å². The number of anilines is 2. The van der Waals surface area contributed by atoms with E-state index in [4.69, 9.17) is 4.74 Å². The van der Waals surface area contributed by atoms with Crippen molar-refractivity contribution in [2.45, 2.75) is 34.2 Å². The molecule has 0 unspecified atom stereocenters. The molecular formula is C25H33N5O3S. The second-order valence-electron chi connectivity index (χ2n) is 9.08. The number of likely N-dealkylation sites (N-methyl/N-ethyl adjacent to an activating group) is 1. The van der Waals surface area contributed by atoms with E-state index in [0.29, 0.717) is 16.5 Å². The van der Waals surface area contributed by atoms with Crippen LogP contribution in [-0.2, 0) is 16.1 Å². The van der Waals surface area contributed by atoms with Crippen molar-refractivity contribution >= 4 is 44.8 Å². The summed E-state index contributed by atoms with van der Waals surface area (Å²) in [6.45, 7) is 14.1. The number of hydrogen-bond donors (Lipinski definition) is 1. The Bertz CT molecular complexity index is 1140. The highest BCUT2D eigenvalue weighted by atomic mass is 32.1. The molecule has 3 heterocycles. The maximum Gasteiger partial charge on any atom is 0.348 e. The van der Waals surface area contributed by atoms with Crippen LogP contribution in [0.25, 0.3) is 10.2 Å². The molecule has 1 aromatic carbocycles. The number of nitrogens with zero attached hydrogens (tertiary/aromatic N) is 4. The van der Waals surface area contributed by atoms with Gasteiger partial charge in [0.25, 0.3) is 5.91 Å². The van der Waals surface area contributed by atoms with Gasteiger partial charge in [0, 0.05) is 49.5 Å². The van der Waals surface area contributed by atoms with Crippen LogP contribution in [-0.4, -0.2) is 65.9 Å². The Morgan fingerprint density at radius 3 is 2.50 bits per heavy atom. The van der Waals surface area contributed by atoms with Crippen LogP contribution in [0.1, 0.15) is 36.1 Å². The number of carbonyl (C=O) groups excluding carboxylic acids is 2. The Hall–Kier alpha value is -2.91. The van der Waals surface area contributed by atoms with E-state index in [-0.39, 0.29) is 12.5 Å². The number of rotatable bonds is 8. The first-order valence-electron chi connectivity index (χ1n) is 11.8. The second kappa shape index (κ2) is 10.6. The number of thiophene rings is 1. The normalized spacial score (nSPS) is 14.7. The molecule has 1 fully saturated rings. The predicted molar refractivity (Wildman–Crippen MR) is 137 cm³/mol. The molecule has 1 saturated heterocycles. The van der Waals surface area contributed by atoms with Crippen LogP contribution in [0.15, 0.2) is 30.3 Å². The Labute approximate surface area is 204 Å². The largest absolute Gasteiger partial charge is 0.451 e. The summed E-state index contributed by atoms with van der Waals surface area (Å²) < 4.78 is 7.22. The van der Waals surface area contributed by atoms with Crippen molar-refractivity contribution in [1.29, 1.82) is 0 Å². The molecule has 8 nitrogen and oxygen atoms in total. The van der Waals surface area contributed by atoms with E-state index in [2.05, 4.69) is 41.0 Å². The molecule has 1 aliphatic rings. The van der Waals surface area contributed by atoms with Gasteiger partial charge in [0.2, 0.25) is 0 Å². The number of piperazine rings is 1. The first kappa shape index (κ1) is 24.2. The lowest BCUT2D eigenvalue weighted by Gasteiger charge is -2.35. The monoisotopic (exact) mass is 483 g/mol. The molecular weight excluding hydrogens is 450 g/mol. The molecule has 0 bridgehead atoms. The maximum atomic E-state index is 12.5. The highest BCUT2D eigenvalue weighted by Crippen LogP contribution is 2.29. The van der Waals surface area contributed by atoms with Gasteiger partial charge in [-0.1, -0.05) is 20.8 Å². The lowest BCUT2D eigenvalue weighted by Crippen LogP contribution is -2.46. The summed E-state index contributed by atoms with van der Waals surface area (Å²) in [5, 5.41) is 8.32. The summed E-state index contributed by atoms with van der Waals surface area (Å²) in [6.07, 6.45) is 0. The van der Waals surface area contributed by atoms with E-state index in [0.717, 1.165) is 60.9 Å². The molecule has 0 aliphatic carbocycles. The summed E-state index contributed by atoms with van der Waals surface area (Å²) in [7, 11) is 0. The number of nitrogens with one attached hydrogen (secondary N) is 1. The fourth-order valence-electron chi connectivity index (χ4n) is 4.16. The van der Waals surface area contributed by atoms with Crippen molar-refractivity contribution in [2.75, 3.05) is 49.5 Å². The van der Waals surface area contributed by atoms with Crippen LogP contribution in [0.3, 0.4) is 0 Å². The summed E-state index contributed by atoms with van der Waals surface area (Å²) in [4.78, 5) is 31.1. The van der Waals surface area contributed by atoms with Crippen molar-refractivity contribution < 1.29 is 14.3 Å². The summed E-state index contributed by atoms with van der Waals surface area (Å²) in [5.74, 6) is -0.404. The standard InChI is InChI=1S/C25H33N5O3S/c1-5-28-10-12-29(13-11-28)20-8-6-19(7-9-20)26-23(31)16-33-25(32)22-14-21-18(4)27-30(15-17(2)3)24(21)34-22/h6-9,14,17H,5,10-13,15-16H2,1-4H3,(H,26,31). The fourth-order valence-corrected chi connectivity index (χ4v) is 5.22. The van der Waals surface area contributed by atoms with Gasteiger partial charge in [0.05, 0.1) is 5.69 Å². The molecule has 1 N–H and O–H groups in total. The van der Waals surface area contributed by atoms with Gasteiger partial charge in [-0.2, -0.15) is 5.10 Å². The first-order chi connectivity index (χ1) is 16.3. The van der Waals surface area contributed by atoms with Gasteiger partial charge < -0.3 is 19.9 Å². The molecule has 0 radical (unpaired) electrons. The van der Waals surface area contributed by atoms with Crippen molar-refractivity contribution in [2.24, 2.45) is 5.92 Å². The highest BCUT2D eigenvalue weighted by molar-refractivity contribution is 7.20. The quantitative estimate of drug-likeness (QED) is 0.488. The maximum absolute atomic E-state index is 12.5. The molecule has 0 spiro atoms. The van der Waals surface area contributed by atoms with E-state index in [1.807, 2.05) is 35.9 Å². The van der Waals surface area contributed by atoms with Crippen LogP contribution in [0.5, 0.6) is 0 Å². The summed E-state index contributed by atoms with van der Waals surface area (Å²) >= 11 is 1.35. The third kappa shape index (κ3) is 5.59. The Balaban J connectivity index is 1.29.